The molecule has 1 aliphatic rings. The number of para-hydroxylation sites is 2. The Labute approximate surface area is 168 Å². The number of nitrogens with one attached hydrogen (secondary N) is 2. The maximum atomic E-state index is 12.5. The number of rotatable bonds is 7. The smallest absolute Gasteiger partial charge is 0.286 e. The molecule has 0 spiro atoms. The Hall–Kier alpha value is -3.42. The van der Waals surface area contributed by atoms with Crippen LogP contribution >= 0.6 is 0 Å². The summed E-state index contributed by atoms with van der Waals surface area (Å²) in [5, 5.41) is 5.65. The van der Waals surface area contributed by atoms with E-state index in [1.807, 2.05) is 24.3 Å². The molecule has 0 bridgehead atoms. The number of amides is 2. The lowest BCUT2D eigenvalue weighted by atomic mass is 10.2. The SMILES string of the molecule is O=C(CCCNC(=O)c1ccco1)Nc1nc2ccccc2nc1N1CCCC1. The molecule has 29 heavy (non-hydrogen) atoms. The lowest BCUT2D eigenvalue weighted by Crippen LogP contribution is -2.26. The van der Waals surface area contributed by atoms with Gasteiger partial charge in [0.25, 0.3) is 5.91 Å². The van der Waals surface area contributed by atoms with Crippen molar-refractivity contribution >= 4 is 34.5 Å². The predicted molar refractivity (Wildman–Crippen MR) is 110 cm³/mol. The fourth-order valence-electron chi connectivity index (χ4n) is 3.36. The highest BCUT2D eigenvalue weighted by atomic mass is 16.3. The van der Waals surface area contributed by atoms with Crippen molar-refractivity contribution in [2.75, 3.05) is 29.9 Å². The number of aromatic nitrogens is 2. The van der Waals surface area contributed by atoms with Crippen molar-refractivity contribution in [1.29, 1.82) is 0 Å². The molecular weight excluding hydrogens is 370 g/mol. The Morgan fingerprint density at radius 1 is 1.03 bits per heavy atom. The van der Waals surface area contributed by atoms with Crippen molar-refractivity contribution in [2.24, 2.45) is 0 Å². The van der Waals surface area contributed by atoms with Crippen LogP contribution in [0.2, 0.25) is 0 Å². The molecule has 1 aromatic carbocycles. The fourth-order valence-corrected chi connectivity index (χ4v) is 3.36. The maximum absolute atomic E-state index is 12.5. The summed E-state index contributed by atoms with van der Waals surface area (Å²) in [5.41, 5.74) is 1.56. The van der Waals surface area contributed by atoms with Gasteiger partial charge in [0.2, 0.25) is 5.91 Å². The van der Waals surface area contributed by atoms with E-state index in [9.17, 15) is 9.59 Å². The van der Waals surface area contributed by atoms with Gasteiger partial charge in [0, 0.05) is 26.1 Å². The number of carbonyl (C=O) groups excluding carboxylic acids is 2. The molecule has 1 saturated heterocycles. The second-order valence-corrected chi connectivity index (χ2v) is 6.96. The van der Waals surface area contributed by atoms with Crippen molar-refractivity contribution < 1.29 is 14.0 Å². The first-order chi connectivity index (χ1) is 14.2. The number of anilines is 2. The Balaban J connectivity index is 1.38. The fraction of sp³-hybridized carbons (Fsp3) is 0.333. The summed E-state index contributed by atoms with van der Waals surface area (Å²) in [7, 11) is 0. The molecule has 4 rings (SSSR count). The van der Waals surface area contributed by atoms with Crippen molar-refractivity contribution in [3.63, 3.8) is 0 Å². The van der Waals surface area contributed by atoms with E-state index in [-0.39, 0.29) is 24.0 Å². The maximum Gasteiger partial charge on any atom is 0.286 e. The van der Waals surface area contributed by atoms with Crippen LogP contribution < -0.4 is 15.5 Å². The van der Waals surface area contributed by atoms with Gasteiger partial charge in [0.05, 0.1) is 17.3 Å². The summed E-state index contributed by atoms with van der Waals surface area (Å²) < 4.78 is 5.04. The summed E-state index contributed by atoms with van der Waals surface area (Å²) in [5.74, 6) is 1.04. The average Bonchev–Trinajstić information content (AvgIpc) is 3.45. The van der Waals surface area contributed by atoms with Crippen LogP contribution in [0.15, 0.2) is 47.1 Å². The highest BCUT2D eigenvalue weighted by Gasteiger charge is 2.20. The number of hydrogen-bond donors (Lipinski definition) is 2. The second-order valence-electron chi connectivity index (χ2n) is 6.96. The van der Waals surface area contributed by atoms with E-state index in [1.54, 1.807) is 12.1 Å². The van der Waals surface area contributed by atoms with Gasteiger partial charge in [-0.3, -0.25) is 9.59 Å². The van der Waals surface area contributed by atoms with Crippen LogP contribution in [0.3, 0.4) is 0 Å². The molecule has 3 aromatic rings. The molecule has 0 aliphatic carbocycles. The van der Waals surface area contributed by atoms with Crippen LogP contribution in [0.5, 0.6) is 0 Å². The molecule has 0 atom stereocenters. The first-order valence-electron chi connectivity index (χ1n) is 9.84. The van der Waals surface area contributed by atoms with E-state index in [4.69, 9.17) is 9.40 Å². The molecule has 2 N–H and O–H groups in total. The third-order valence-electron chi connectivity index (χ3n) is 4.83. The molecule has 8 nitrogen and oxygen atoms in total. The van der Waals surface area contributed by atoms with Crippen molar-refractivity contribution in [3.05, 3.63) is 48.4 Å². The van der Waals surface area contributed by atoms with E-state index in [2.05, 4.69) is 20.5 Å². The topological polar surface area (TPSA) is 100 Å². The summed E-state index contributed by atoms with van der Waals surface area (Å²) in [4.78, 5) is 35.8. The summed E-state index contributed by atoms with van der Waals surface area (Å²) >= 11 is 0. The monoisotopic (exact) mass is 393 g/mol. The van der Waals surface area contributed by atoms with Crippen LogP contribution in [0, 0.1) is 0 Å². The molecule has 3 heterocycles. The van der Waals surface area contributed by atoms with Crippen LogP contribution in [0.1, 0.15) is 36.2 Å². The van der Waals surface area contributed by atoms with Crippen molar-refractivity contribution in [1.82, 2.24) is 15.3 Å². The number of hydrogen-bond acceptors (Lipinski definition) is 6. The standard InChI is InChI=1S/C21H23N5O3/c27-18(10-5-11-22-21(28)17-9-6-14-29-17)25-19-20(26-12-3-4-13-26)24-16-8-2-1-7-15(16)23-19/h1-2,6-9,14H,3-5,10-13H2,(H,22,28)(H,23,25,27). The van der Waals surface area contributed by atoms with Crippen molar-refractivity contribution in [3.8, 4) is 0 Å². The van der Waals surface area contributed by atoms with Gasteiger partial charge in [-0.15, -0.1) is 0 Å². The second kappa shape index (κ2) is 8.72. The first kappa shape index (κ1) is 18.9. The van der Waals surface area contributed by atoms with E-state index >= 15 is 0 Å². The molecule has 2 amide bonds. The minimum Gasteiger partial charge on any atom is -0.459 e. The molecular formula is C21H23N5O3. The molecule has 0 radical (unpaired) electrons. The number of nitrogens with zero attached hydrogens (tertiary/aromatic N) is 3. The van der Waals surface area contributed by atoms with Crippen LogP contribution in [0.4, 0.5) is 11.6 Å². The van der Waals surface area contributed by atoms with E-state index < -0.39 is 0 Å². The number of carbonyl (C=O) groups is 2. The Bertz CT molecular complexity index is 997. The summed E-state index contributed by atoms with van der Waals surface area (Å²) in [6.07, 6.45) is 4.45. The highest BCUT2D eigenvalue weighted by molar-refractivity contribution is 5.94. The first-order valence-corrected chi connectivity index (χ1v) is 9.84. The zero-order valence-corrected chi connectivity index (χ0v) is 16.1. The average molecular weight is 393 g/mol. The number of fused-ring (bicyclic) bond motifs is 1. The lowest BCUT2D eigenvalue weighted by molar-refractivity contribution is -0.116. The quantitative estimate of drug-likeness (QED) is 0.599. The van der Waals surface area contributed by atoms with Gasteiger partial charge >= 0.3 is 0 Å². The van der Waals surface area contributed by atoms with Crippen LogP contribution in [-0.2, 0) is 4.79 Å². The van der Waals surface area contributed by atoms with Gasteiger partial charge in [0.15, 0.2) is 17.4 Å². The van der Waals surface area contributed by atoms with Crippen LogP contribution in [-0.4, -0.2) is 41.4 Å². The lowest BCUT2D eigenvalue weighted by Gasteiger charge is -2.20. The molecule has 1 fully saturated rings. The largest absolute Gasteiger partial charge is 0.459 e. The minimum atomic E-state index is -0.285. The van der Waals surface area contributed by atoms with E-state index in [0.717, 1.165) is 42.8 Å². The van der Waals surface area contributed by atoms with Gasteiger partial charge in [-0.1, -0.05) is 12.1 Å². The van der Waals surface area contributed by atoms with E-state index in [0.29, 0.717) is 18.8 Å². The molecule has 2 aromatic heterocycles. The minimum absolute atomic E-state index is 0.151. The van der Waals surface area contributed by atoms with Crippen molar-refractivity contribution in [2.45, 2.75) is 25.7 Å². The molecule has 1 aliphatic heterocycles. The normalized spacial score (nSPS) is 13.6. The Morgan fingerprint density at radius 3 is 2.52 bits per heavy atom. The Morgan fingerprint density at radius 2 is 1.79 bits per heavy atom. The number of furan rings is 1. The van der Waals surface area contributed by atoms with Gasteiger partial charge < -0.3 is 20.0 Å². The van der Waals surface area contributed by atoms with Crippen LogP contribution in [0.25, 0.3) is 11.0 Å². The third kappa shape index (κ3) is 4.53. The molecule has 0 saturated carbocycles. The zero-order valence-electron chi connectivity index (χ0n) is 16.1. The Kier molecular flexibility index (Phi) is 5.69. The molecule has 150 valence electrons. The predicted octanol–water partition coefficient (Wildman–Crippen LogP) is 2.97. The van der Waals surface area contributed by atoms with Gasteiger partial charge in [-0.25, -0.2) is 9.97 Å². The molecule has 8 heteroatoms. The zero-order chi connectivity index (χ0) is 20.1. The summed E-state index contributed by atoms with van der Waals surface area (Å²) in [6.45, 7) is 2.21. The third-order valence-corrected chi connectivity index (χ3v) is 4.83. The van der Waals surface area contributed by atoms with Gasteiger partial charge in [-0.05, 0) is 43.5 Å². The molecule has 0 unspecified atom stereocenters. The number of benzene rings is 1. The van der Waals surface area contributed by atoms with Gasteiger partial charge in [-0.2, -0.15) is 0 Å². The summed E-state index contributed by atoms with van der Waals surface area (Å²) in [6, 6.07) is 10.9. The highest BCUT2D eigenvalue weighted by Crippen LogP contribution is 2.27. The van der Waals surface area contributed by atoms with E-state index in [1.165, 1.54) is 6.26 Å². The van der Waals surface area contributed by atoms with Gasteiger partial charge in [0.1, 0.15) is 0 Å².